The highest BCUT2D eigenvalue weighted by Crippen LogP contribution is 2.35. The molecule has 3 aromatic rings. The summed E-state index contributed by atoms with van der Waals surface area (Å²) in [4.78, 5) is 19.3. The number of para-hydroxylation sites is 1. The molecular weight excluding hydrogens is 410 g/mol. The molecule has 1 aliphatic carbocycles. The van der Waals surface area contributed by atoms with Crippen LogP contribution in [0.15, 0.2) is 53.3 Å². The predicted molar refractivity (Wildman–Crippen MR) is 131 cm³/mol. The number of amides is 1. The van der Waals surface area contributed by atoms with Gasteiger partial charge >= 0.3 is 0 Å². The third kappa shape index (κ3) is 5.30. The molecule has 1 saturated heterocycles. The Hall–Kier alpha value is -2.66. The number of furan rings is 1. The minimum atomic E-state index is 0.0132. The summed E-state index contributed by atoms with van der Waals surface area (Å²) in [6, 6.07) is 12.5. The molecule has 174 valence electrons. The van der Waals surface area contributed by atoms with Crippen molar-refractivity contribution in [3.63, 3.8) is 0 Å². The fourth-order valence-electron chi connectivity index (χ4n) is 5.61. The van der Waals surface area contributed by atoms with E-state index in [4.69, 9.17) is 4.42 Å². The first-order valence-corrected chi connectivity index (χ1v) is 12.6. The molecule has 1 saturated carbocycles. The first-order valence-electron chi connectivity index (χ1n) is 12.6. The number of piperidine rings is 1. The number of rotatable bonds is 6. The van der Waals surface area contributed by atoms with E-state index in [9.17, 15) is 4.79 Å². The van der Waals surface area contributed by atoms with Crippen LogP contribution in [0.3, 0.4) is 0 Å². The van der Waals surface area contributed by atoms with Crippen LogP contribution in [0, 0.1) is 12.8 Å². The van der Waals surface area contributed by atoms with Crippen molar-refractivity contribution in [2.24, 2.45) is 5.92 Å². The smallest absolute Gasteiger partial charge is 0.253 e. The van der Waals surface area contributed by atoms with Crippen molar-refractivity contribution >= 4 is 16.9 Å². The quantitative estimate of drug-likeness (QED) is 0.529. The minimum absolute atomic E-state index is 0.0132. The third-order valence-corrected chi connectivity index (χ3v) is 7.75. The van der Waals surface area contributed by atoms with Gasteiger partial charge < -0.3 is 14.6 Å². The Bertz CT molecular complexity index is 1060. The zero-order valence-electron chi connectivity index (χ0n) is 19.6. The molecule has 1 aliphatic heterocycles. The van der Waals surface area contributed by atoms with Crippen LogP contribution >= 0.6 is 0 Å². The third-order valence-electron chi connectivity index (χ3n) is 7.75. The summed E-state index contributed by atoms with van der Waals surface area (Å²) in [7, 11) is 0. The SMILES string of the molecule is Cc1ccc(C(=O)N[C@H]2CC[C@H](CCN3CCC(c4coc5ccccc45)CC3)CC2)cn1. The molecule has 3 heterocycles. The normalized spacial score (nSPS) is 22.5. The molecule has 0 spiro atoms. The van der Waals surface area contributed by atoms with Crippen molar-refractivity contribution in [1.82, 2.24) is 15.2 Å². The van der Waals surface area contributed by atoms with Gasteiger partial charge in [0.15, 0.2) is 0 Å². The van der Waals surface area contributed by atoms with Gasteiger partial charge in [0.2, 0.25) is 0 Å². The number of likely N-dealkylation sites (tertiary alicyclic amines) is 1. The van der Waals surface area contributed by atoms with Crippen LogP contribution in [0.5, 0.6) is 0 Å². The molecule has 2 aliphatic rings. The van der Waals surface area contributed by atoms with Gasteiger partial charge in [0.05, 0.1) is 11.8 Å². The van der Waals surface area contributed by atoms with Gasteiger partial charge in [0, 0.05) is 28.9 Å². The highest BCUT2D eigenvalue weighted by Gasteiger charge is 2.26. The number of fused-ring (bicyclic) bond motifs is 1. The number of nitrogens with zero attached hydrogens (tertiary/aromatic N) is 2. The van der Waals surface area contributed by atoms with Gasteiger partial charge in [-0.25, -0.2) is 0 Å². The highest BCUT2D eigenvalue weighted by atomic mass is 16.3. The second-order valence-electron chi connectivity index (χ2n) is 9.97. The number of carbonyl (C=O) groups excluding carboxylic acids is 1. The maximum atomic E-state index is 12.5. The maximum Gasteiger partial charge on any atom is 0.253 e. The Morgan fingerprint density at radius 2 is 1.85 bits per heavy atom. The molecule has 1 N–H and O–H groups in total. The van der Waals surface area contributed by atoms with E-state index < -0.39 is 0 Å². The number of nitrogens with one attached hydrogen (secondary N) is 1. The number of aryl methyl sites for hydroxylation is 1. The summed E-state index contributed by atoms with van der Waals surface area (Å²) in [6.45, 7) is 5.50. The zero-order valence-corrected chi connectivity index (χ0v) is 19.6. The summed E-state index contributed by atoms with van der Waals surface area (Å²) in [5.41, 5.74) is 4.00. The lowest BCUT2D eigenvalue weighted by atomic mass is 9.83. The van der Waals surface area contributed by atoms with Crippen LogP contribution < -0.4 is 5.32 Å². The van der Waals surface area contributed by atoms with E-state index in [1.54, 1.807) is 6.20 Å². The molecule has 1 aromatic carbocycles. The molecule has 0 atom stereocenters. The highest BCUT2D eigenvalue weighted by molar-refractivity contribution is 5.94. The zero-order chi connectivity index (χ0) is 22.6. The number of pyridine rings is 1. The van der Waals surface area contributed by atoms with Gasteiger partial charge in [-0.15, -0.1) is 0 Å². The average molecular weight is 446 g/mol. The van der Waals surface area contributed by atoms with Crippen molar-refractivity contribution in [1.29, 1.82) is 0 Å². The summed E-state index contributed by atoms with van der Waals surface area (Å²) in [5, 5.41) is 4.50. The van der Waals surface area contributed by atoms with E-state index in [0.29, 0.717) is 17.5 Å². The molecule has 0 bridgehead atoms. The van der Waals surface area contributed by atoms with Gasteiger partial charge in [-0.2, -0.15) is 0 Å². The predicted octanol–water partition coefficient (Wildman–Crippen LogP) is 5.69. The fraction of sp³-hybridized carbons (Fsp3) is 0.500. The largest absolute Gasteiger partial charge is 0.464 e. The van der Waals surface area contributed by atoms with Crippen LogP contribution in [0.2, 0.25) is 0 Å². The van der Waals surface area contributed by atoms with E-state index >= 15 is 0 Å². The molecule has 5 nitrogen and oxygen atoms in total. The van der Waals surface area contributed by atoms with Gasteiger partial charge in [-0.3, -0.25) is 9.78 Å². The van der Waals surface area contributed by atoms with Crippen LogP contribution in [-0.4, -0.2) is 41.5 Å². The first-order chi connectivity index (χ1) is 16.2. The summed E-state index contributed by atoms with van der Waals surface area (Å²) in [6.07, 6.45) is 12.0. The summed E-state index contributed by atoms with van der Waals surface area (Å²) < 4.78 is 5.78. The molecule has 1 amide bonds. The van der Waals surface area contributed by atoms with Crippen LogP contribution in [0.25, 0.3) is 11.0 Å². The van der Waals surface area contributed by atoms with Crippen molar-refractivity contribution < 1.29 is 9.21 Å². The summed E-state index contributed by atoms with van der Waals surface area (Å²) >= 11 is 0. The van der Waals surface area contributed by atoms with Crippen LogP contribution in [-0.2, 0) is 0 Å². The van der Waals surface area contributed by atoms with Gasteiger partial charge in [-0.05, 0) is 102 Å². The Kier molecular flexibility index (Phi) is 6.77. The van der Waals surface area contributed by atoms with Crippen LogP contribution in [0.4, 0.5) is 0 Å². The van der Waals surface area contributed by atoms with E-state index in [1.807, 2.05) is 31.4 Å². The lowest BCUT2D eigenvalue weighted by Crippen LogP contribution is -2.38. The standard InChI is InChI=1S/C28H35N3O2/c1-20-6-9-23(18-29-20)28(32)30-24-10-7-21(8-11-24)12-15-31-16-13-22(14-17-31)26-19-33-27-5-3-2-4-25(26)27/h2-6,9,18-19,21-22,24H,7-8,10-17H2,1H3,(H,30,32)/t21-,24-. The summed E-state index contributed by atoms with van der Waals surface area (Å²) in [5.74, 6) is 1.42. The molecule has 5 rings (SSSR count). The van der Waals surface area contributed by atoms with Gasteiger partial charge in [0.1, 0.15) is 5.58 Å². The molecule has 2 fully saturated rings. The lowest BCUT2D eigenvalue weighted by molar-refractivity contribution is 0.0919. The second kappa shape index (κ2) is 10.1. The van der Waals surface area contributed by atoms with E-state index in [1.165, 1.54) is 62.7 Å². The molecule has 0 unspecified atom stereocenters. The Balaban J connectivity index is 1.02. The molecule has 33 heavy (non-hydrogen) atoms. The van der Waals surface area contributed by atoms with Crippen molar-refractivity contribution in [3.8, 4) is 0 Å². The number of carbonyl (C=O) groups is 1. The first kappa shape index (κ1) is 22.1. The lowest BCUT2D eigenvalue weighted by Gasteiger charge is -2.34. The Morgan fingerprint density at radius 3 is 2.61 bits per heavy atom. The number of benzene rings is 1. The van der Waals surface area contributed by atoms with Crippen molar-refractivity contribution in [3.05, 3.63) is 65.7 Å². The average Bonchev–Trinajstić information content (AvgIpc) is 3.28. The van der Waals surface area contributed by atoms with E-state index in [0.717, 1.165) is 30.0 Å². The van der Waals surface area contributed by atoms with Gasteiger partial charge in [0.25, 0.3) is 5.91 Å². The van der Waals surface area contributed by atoms with E-state index in [-0.39, 0.29) is 5.91 Å². The van der Waals surface area contributed by atoms with Gasteiger partial charge in [-0.1, -0.05) is 18.2 Å². The molecule has 2 aromatic heterocycles. The van der Waals surface area contributed by atoms with Crippen LogP contribution in [0.1, 0.15) is 72.5 Å². The van der Waals surface area contributed by atoms with Crippen molar-refractivity contribution in [2.75, 3.05) is 19.6 Å². The Morgan fingerprint density at radius 1 is 1.06 bits per heavy atom. The fourth-order valence-corrected chi connectivity index (χ4v) is 5.61. The molecule has 5 heteroatoms. The number of hydrogen-bond acceptors (Lipinski definition) is 4. The monoisotopic (exact) mass is 445 g/mol. The number of aromatic nitrogens is 1. The molecule has 0 radical (unpaired) electrons. The second-order valence-corrected chi connectivity index (χ2v) is 9.97. The van der Waals surface area contributed by atoms with Crippen molar-refractivity contribution in [2.45, 2.75) is 63.8 Å². The maximum absolute atomic E-state index is 12.5. The Labute approximate surface area is 196 Å². The van der Waals surface area contributed by atoms with E-state index in [2.05, 4.69) is 33.4 Å². The minimum Gasteiger partial charge on any atom is -0.464 e. The topological polar surface area (TPSA) is 58.4 Å². The molecular formula is C28H35N3O2. The number of hydrogen-bond donors (Lipinski definition) is 1.